The number of ether oxygens (including phenoxy) is 1. The number of hydrogen-bond donors (Lipinski definition) is 3. The Hall–Kier alpha value is -2.20. The Labute approximate surface area is 133 Å². The second kappa shape index (κ2) is 7.71. The van der Waals surface area contributed by atoms with Crippen molar-refractivity contribution in [2.24, 2.45) is 5.16 Å². The number of nitrogens with zero attached hydrogens (tertiary/aromatic N) is 3. The summed E-state index contributed by atoms with van der Waals surface area (Å²) >= 11 is 3.07. The van der Waals surface area contributed by atoms with Crippen LogP contribution in [0.5, 0.6) is 0 Å². The number of methoxy groups -OCH3 is 1. The molecule has 0 atom stereocenters. The van der Waals surface area contributed by atoms with E-state index in [-0.39, 0.29) is 16.0 Å². The molecule has 22 heavy (non-hydrogen) atoms. The Balaban J connectivity index is 2.15. The van der Waals surface area contributed by atoms with E-state index in [1.54, 1.807) is 7.11 Å². The predicted octanol–water partition coefficient (Wildman–Crippen LogP) is 2.28. The quantitative estimate of drug-likeness (QED) is 0.234. The Morgan fingerprint density at radius 2 is 2.32 bits per heavy atom. The van der Waals surface area contributed by atoms with E-state index in [9.17, 15) is 4.39 Å². The van der Waals surface area contributed by atoms with Gasteiger partial charge in [0, 0.05) is 19.3 Å². The summed E-state index contributed by atoms with van der Waals surface area (Å²) in [5.41, 5.74) is 0.672. The monoisotopic (exact) mass is 373 g/mol. The molecule has 118 valence electrons. The number of rotatable bonds is 6. The molecule has 0 radical (unpaired) electrons. The van der Waals surface area contributed by atoms with Crippen LogP contribution in [0.2, 0.25) is 0 Å². The second-order valence-corrected chi connectivity index (χ2v) is 4.94. The Kier molecular flexibility index (Phi) is 5.67. The van der Waals surface area contributed by atoms with E-state index in [1.807, 2.05) is 0 Å². The van der Waals surface area contributed by atoms with Crippen LogP contribution < -0.4 is 10.6 Å². The zero-order valence-electron chi connectivity index (χ0n) is 11.5. The van der Waals surface area contributed by atoms with Crippen molar-refractivity contribution in [1.82, 2.24) is 10.3 Å². The first kappa shape index (κ1) is 16.2. The van der Waals surface area contributed by atoms with Crippen LogP contribution in [0.3, 0.4) is 0 Å². The Bertz CT molecular complexity index is 664. The second-order valence-electron chi connectivity index (χ2n) is 4.08. The fourth-order valence-corrected chi connectivity index (χ4v) is 1.95. The van der Waals surface area contributed by atoms with E-state index in [2.05, 4.69) is 46.7 Å². The van der Waals surface area contributed by atoms with Gasteiger partial charge in [-0.25, -0.2) is 9.02 Å². The molecular formula is C12H13BrFN5O3. The highest BCUT2D eigenvalue weighted by Crippen LogP contribution is 2.21. The van der Waals surface area contributed by atoms with Gasteiger partial charge < -0.3 is 20.6 Å². The van der Waals surface area contributed by atoms with Crippen molar-refractivity contribution in [3.8, 4) is 0 Å². The summed E-state index contributed by atoms with van der Waals surface area (Å²) in [6.45, 7) is 0.925. The van der Waals surface area contributed by atoms with Gasteiger partial charge in [0.25, 0.3) is 0 Å². The minimum absolute atomic E-state index is 0.000301. The summed E-state index contributed by atoms with van der Waals surface area (Å²) in [5, 5.41) is 25.4. The number of nitrogens with one attached hydrogen (secondary N) is 2. The summed E-state index contributed by atoms with van der Waals surface area (Å²) < 4.78 is 23.0. The lowest BCUT2D eigenvalue weighted by atomic mass is 10.3. The fraction of sp³-hybridized carbons (Fsp3) is 0.250. The van der Waals surface area contributed by atoms with E-state index in [1.165, 1.54) is 18.2 Å². The highest BCUT2D eigenvalue weighted by atomic mass is 79.9. The SMILES string of the molecule is COCCNc1nonc1/C(=N\O)Nc1ccc(F)c(Br)c1. The van der Waals surface area contributed by atoms with E-state index in [0.717, 1.165) is 0 Å². The maximum Gasteiger partial charge on any atom is 0.203 e. The molecule has 0 fully saturated rings. The van der Waals surface area contributed by atoms with Crippen LogP contribution in [0.1, 0.15) is 5.69 Å². The number of benzene rings is 1. The molecule has 0 unspecified atom stereocenters. The van der Waals surface area contributed by atoms with Crippen molar-refractivity contribution in [3.63, 3.8) is 0 Å². The number of hydrogen-bond acceptors (Lipinski definition) is 7. The molecule has 8 nitrogen and oxygen atoms in total. The third kappa shape index (κ3) is 3.92. The van der Waals surface area contributed by atoms with Gasteiger partial charge in [-0.3, -0.25) is 0 Å². The van der Waals surface area contributed by atoms with Gasteiger partial charge in [0.1, 0.15) is 5.82 Å². The van der Waals surface area contributed by atoms with E-state index >= 15 is 0 Å². The smallest absolute Gasteiger partial charge is 0.203 e. The number of amidine groups is 1. The zero-order chi connectivity index (χ0) is 15.9. The predicted molar refractivity (Wildman–Crippen MR) is 80.7 cm³/mol. The van der Waals surface area contributed by atoms with Gasteiger partial charge >= 0.3 is 0 Å². The summed E-state index contributed by atoms with van der Waals surface area (Å²) in [4.78, 5) is 0. The first-order valence-electron chi connectivity index (χ1n) is 6.15. The fourth-order valence-electron chi connectivity index (χ4n) is 1.57. The molecule has 0 saturated carbocycles. The van der Waals surface area contributed by atoms with E-state index < -0.39 is 5.82 Å². The highest BCUT2D eigenvalue weighted by molar-refractivity contribution is 9.10. The minimum atomic E-state index is -0.405. The number of aromatic nitrogens is 2. The maximum atomic E-state index is 13.2. The van der Waals surface area contributed by atoms with Gasteiger partial charge in [-0.1, -0.05) is 5.16 Å². The van der Waals surface area contributed by atoms with Gasteiger partial charge in [0.15, 0.2) is 5.69 Å². The van der Waals surface area contributed by atoms with Gasteiger partial charge in [-0.2, -0.15) is 0 Å². The number of oxime groups is 1. The summed E-state index contributed by atoms with van der Waals surface area (Å²) in [6.07, 6.45) is 0. The molecule has 2 rings (SSSR count). The molecule has 10 heteroatoms. The highest BCUT2D eigenvalue weighted by Gasteiger charge is 2.17. The van der Waals surface area contributed by atoms with E-state index in [0.29, 0.717) is 24.7 Å². The molecule has 0 aliphatic heterocycles. The molecule has 0 spiro atoms. The van der Waals surface area contributed by atoms with Crippen molar-refractivity contribution < 1.29 is 19.0 Å². The molecule has 0 bridgehead atoms. The third-order valence-corrected chi connectivity index (χ3v) is 3.20. The van der Waals surface area contributed by atoms with Crippen LogP contribution >= 0.6 is 15.9 Å². The van der Waals surface area contributed by atoms with Gasteiger partial charge in [0.2, 0.25) is 11.7 Å². The molecule has 3 N–H and O–H groups in total. The number of anilines is 2. The van der Waals surface area contributed by atoms with Crippen molar-refractivity contribution >= 4 is 33.3 Å². The average Bonchev–Trinajstić information content (AvgIpc) is 2.97. The van der Waals surface area contributed by atoms with Crippen LogP contribution in [0.15, 0.2) is 32.5 Å². The number of halogens is 2. The van der Waals surface area contributed by atoms with Crippen molar-refractivity contribution in [1.29, 1.82) is 0 Å². The molecule has 2 aromatic rings. The molecule has 0 amide bonds. The first-order valence-corrected chi connectivity index (χ1v) is 6.95. The Morgan fingerprint density at radius 1 is 1.50 bits per heavy atom. The van der Waals surface area contributed by atoms with Crippen LogP contribution in [0.4, 0.5) is 15.9 Å². The standard InChI is InChI=1S/C12H13BrFN5O3/c1-21-5-4-15-11-10(18-22-19-11)12(17-20)16-7-2-3-9(14)8(13)6-7/h2-3,6,20H,4-5H2,1H3,(H,15,19)(H,16,17). The average molecular weight is 374 g/mol. The molecule has 0 aliphatic rings. The van der Waals surface area contributed by atoms with Crippen LogP contribution in [0.25, 0.3) is 0 Å². The van der Waals surface area contributed by atoms with Crippen LogP contribution in [-0.4, -0.2) is 41.6 Å². The molecule has 1 aromatic heterocycles. The largest absolute Gasteiger partial charge is 0.409 e. The van der Waals surface area contributed by atoms with Gasteiger partial charge in [-0.15, -0.1) is 0 Å². The maximum absolute atomic E-state index is 13.2. The minimum Gasteiger partial charge on any atom is -0.409 e. The lowest BCUT2D eigenvalue weighted by Gasteiger charge is -2.08. The lowest BCUT2D eigenvalue weighted by Crippen LogP contribution is -2.18. The van der Waals surface area contributed by atoms with Gasteiger partial charge in [0.05, 0.1) is 11.1 Å². The molecule has 1 aromatic carbocycles. The summed E-state index contributed by atoms with van der Waals surface area (Å²) in [6, 6.07) is 4.24. The zero-order valence-corrected chi connectivity index (χ0v) is 13.1. The molecular weight excluding hydrogens is 361 g/mol. The normalized spacial score (nSPS) is 11.5. The van der Waals surface area contributed by atoms with E-state index in [4.69, 9.17) is 9.94 Å². The summed E-state index contributed by atoms with van der Waals surface area (Å²) in [7, 11) is 1.57. The third-order valence-electron chi connectivity index (χ3n) is 2.59. The van der Waals surface area contributed by atoms with Gasteiger partial charge in [-0.05, 0) is 44.4 Å². The summed E-state index contributed by atoms with van der Waals surface area (Å²) in [5.74, 6) is -0.115. The topological polar surface area (TPSA) is 105 Å². The molecule has 0 aliphatic carbocycles. The first-order chi connectivity index (χ1) is 10.7. The Morgan fingerprint density at radius 3 is 3.00 bits per heavy atom. The molecule has 1 heterocycles. The lowest BCUT2D eigenvalue weighted by molar-refractivity contribution is 0.210. The van der Waals surface area contributed by atoms with Crippen molar-refractivity contribution in [2.75, 3.05) is 30.9 Å². The van der Waals surface area contributed by atoms with Crippen molar-refractivity contribution in [2.45, 2.75) is 0 Å². The van der Waals surface area contributed by atoms with Crippen LogP contribution in [-0.2, 0) is 4.74 Å². The van der Waals surface area contributed by atoms with Crippen LogP contribution in [0, 0.1) is 5.82 Å². The van der Waals surface area contributed by atoms with Crippen molar-refractivity contribution in [3.05, 3.63) is 34.2 Å². The molecule has 0 saturated heterocycles.